The van der Waals surface area contributed by atoms with Gasteiger partial charge in [0.2, 0.25) is 0 Å². The van der Waals surface area contributed by atoms with Gasteiger partial charge in [0.05, 0.1) is 30.6 Å². The number of aromatic nitrogens is 3. The first-order valence-corrected chi connectivity index (χ1v) is 9.11. The van der Waals surface area contributed by atoms with Crippen LogP contribution in [0.1, 0.15) is 28.4 Å². The van der Waals surface area contributed by atoms with E-state index in [1.807, 2.05) is 18.2 Å². The summed E-state index contributed by atoms with van der Waals surface area (Å²) < 4.78 is 6.77. The number of halogens is 1. The number of aryl methyl sites for hydroxylation is 1. The summed E-state index contributed by atoms with van der Waals surface area (Å²) in [5, 5.41) is 1.51. The maximum atomic E-state index is 12.9. The zero-order valence-corrected chi connectivity index (χ0v) is 15.6. The summed E-state index contributed by atoms with van der Waals surface area (Å²) in [6.07, 6.45) is 2.67. The number of nitrogens with zero attached hydrogens (tertiary/aromatic N) is 3. The predicted octanol–water partition coefficient (Wildman–Crippen LogP) is 2.78. The summed E-state index contributed by atoms with van der Waals surface area (Å²) in [6, 6.07) is 7.40. The normalized spacial score (nSPS) is 13.6. The molecule has 0 fully saturated rings. The summed E-state index contributed by atoms with van der Waals surface area (Å²) in [5.41, 5.74) is 2.27. The summed E-state index contributed by atoms with van der Waals surface area (Å²) in [7, 11) is 1.38. The number of hydrogen-bond donors (Lipinski definition) is 1. The molecule has 7 nitrogen and oxygen atoms in total. The van der Waals surface area contributed by atoms with Gasteiger partial charge in [-0.05, 0) is 18.6 Å². The lowest BCUT2D eigenvalue weighted by Gasteiger charge is -2.28. The third kappa shape index (κ3) is 3.30. The molecule has 1 aliphatic rings. The third-order valence-electron chi connectivity index (χ3n) is 4.88. The largest absolute Gasteiger partial charge is 0.469 e. The van der Waals surface area contributed by atoms with Crippen molar-refractivity contribution in [1.82, 2.24) is 19.4 Å². The molecular weight excluding hydrogens is 368 g/mol. The average Bonchev–Trinajstić information content (AvgIpc) is 3.30. The second-order valence-electron chi connectivity index (χ2n) is 6.51. The molecule has 0 aliphatic carbocycles. The molecule has 1 aromatic carbocycles. The van der Waals surface area contributed by atoms with Crippen LogP contribution < -0.4 is 0 Å². The summed E-state index contributed by atoms with van der Waals surface area (Å²) in [6.45, 7) is 1.66. The Kier molecular flexibility index (Phi) is 4.61. The molecule has 4 rings (SSSR count). The molecule has 3 aromatic rings. The van der Waals surface area contributed by atoms with E-state index in [-0.39, 0.29) is 11.9 Å². The molecule has 3 heterocycles. The van der Waals surface area contributed by atoms with Crippen LogP contribution in [0.25, 0.3) is 10.9 Å². The fourth-order valence-corrected chi connectivity index (χ4v) is 3.66. The predicted molar refractivity (Wildman–Crippen MR) is 101 cm³/mol. The Morgan fingerprint density at radius 2 is 2.19 bits per heavy atom. The van der Waals surface area contributed by atoms with Gasteiger partial charge in [0.1, 0.15) is 11.5 Å². The van der Waals surface area contributed by atoms with Crippen molar-refractivity contribution in [2.75, 3.05) is 13.7 Å². The van der Waals surface area contributed by atoms with E-state index in [1.54, 1.807) is 17.2 Å². The highest BCUT2D eigenvalue weighted by Crippen LogP contribution is 2.25. The lowest BCUT2D eigenvalue weighted by molar-refractivity contribution is -0.140. The Hall–Kier alpha value is -2.80. The molecule has 0 spiro atoms. The first-order chi connectivity index (χ1) is 13.1. The number of carbonyl (C=O) groups is 2. The molecule has 1 N–H and O–H groups in total. The number of H-pyrrole nitrogens is 1. The van der Waals surface area contributed by atoms with E-state index < -0.39 is 0 Å². The minimum Gasteiger partial charge on any atom is -0.469 e. The SMILES string of the molecule is COC(=O)CCc1cnc2n1CCN(C(=O)c1cc3cccc(Cl)c3[nH]1)C2. The lowest BCUT2D eigenvalue weighted by atomic mass is 10.2. The number of para-hydroxylation sites is 1. The standard InChI is InChI=1S/C19H19ClN4O3/c1-27-17(25)6-5-13-10-21-16-11-23(7-8-24(13)16)19(26)15-9-12-3-2-4-14(20)18(12)22-15/h2-4,9-10,22H,5-8,11H2,1H3. The van der Waals surface area contributed by atoms with Crippen molar-refractivity contribution in [1.29, 1.82) is 0 Å². The van der Waals surface area contributed by atoms with Gasteiger partial charge in [0.15, 0.2) is 0 Å². The van der Waals surface area contributed by atoms with Crippen LogP contribution in [0.4, 0.5) is 0 Å². The van der Waals surface area contributed by atoms with Crippen LogP contribution in [0.3, 0.4) is 0 Å². The van der Waals surface area contributed by atoms with E-state index in [2.05, 4.69) is 19.3 Å². The fourth-order valence-electron chi connectivity index (χ4n) is 3.43. The Morgan fingerprint density at radius 1 is 1.33 bits per heavy atom. The van der Waals surface area contributed by atoms with Gasteiger partial charge in [-0.1, -0.05) is 23.7 Å². The number of imidazole rings is 1. The number of esters is 1. The smallest absolute Gasteiger partial charge is 0.305 e. The Balaban J connectivity index is 1.50. The number of nitrogens with one attached hydrogen (secondary N) is 1. The Bertz CT molecular complexity index is 1020. The topological polar surface area (TPSA) is 80.2 Å². The minimum absolute atomic E-state index is 0.0763. The molecule has 27 heavy (non-hydrogen) atoms. The third-order valence-corrected chi connectivity index (χ3v) is 5.20. The van der Waals surface area contributed by atoms with Gasteiger partial charge in [-0.15, -0.1) is 0 Å². The average molecular weight is 387 g/mol. The van der Waals surface area contributed by atoms with E-state index in [1.165, 1.54) is 7.11 Å². The molecule has 0 unspecified atom stereocenters. The fraction of sp³-hybridized carbons (Fsp3) is 0.316. The maximum absolute atomic E-state index is 12.9. The van der Waals surface area contributed by atoms with E-state index >= 15 is 0 Å². The number of aromatic amines is 1. The minimum atomic E-state index is -0.240. The highest BCUT2D eigenvalue weighted by atomic mass is 35.5. The number of carbonyl (C=O) groups excluding carboxylic acids is 2. The van der Waals surface area contributed by atoms with Crippen LogP contribution >= 0.6 is 11.6 Å². The van der Waals surface area contributed by atoms with Gasteiger partial charge in [-0.2, -0.15) is 0 Å². The maximum Gasteiger partial charge on any atom is 0.305 e. The molecular formula is C19H19ClN4O3. The summed E-state index contributed by atoms with van der Waals surface area (Å²) >= 11 is 6.19. The molecule has 0 saturated heterocycles. The summed E-state index contributed by atoms with van der Waals surface area (Å²) in [5.74, 6) is 0.506. The van der Waals surface area contributed by atoms with Crippen LogP contribution in [0, 0.1) is 0 Å². The second-order valence-corrected chi connectivity index (χ2v) is 6.91. The quantitative estimate of drug-likeness (QED) is 0.699. The van der Waals surface area contributed by atoms with Crippen molar-refractivity contribution >= 4 is 34.4 Å². The van der Waals surface area contributed by atoms with Crippen LogP contribution in [0.15, 0.2) is 30.5 Å². The highest BCUT2D eigenvalue weighted by Gasteiger charge is 2.25. The number of methoxy groups -OCH3 is 1. The lowest BCUT2D eigenvalue weighted by Crippen LogP contribution is -2.39. The Labute approximate surface area is 160 Å². The van der Waals surface area contributed by atoms with Crippen molar-refractivity contribution in [2.45, 2.75) is 25.9 Å². The molecule has 140 valence electrons. The van der Waals surface area contributed by atoms with E-state index in [0.717, 1.165) is 22.4 Å². The zero-order valence-electron chi connectivity index (χ0n) is 14.9. The molecule has 0 saturated carbocycles. The first kappa shape index (κ1) is 17.6. The van der Waals surface area contributed by atoms with E-state index in [4.69, 9.17) is 11.6 Å². The van der Waals surface area contributed by atoms with E-state index in [0.29, 0.717) is 43.2 Å². The zero-order chi connectivity index (χ0) is 19.0. The summed E-state index contributed by atoms with van der Waals surface area (Å²) in [4.78, 5) is 33.6. The van der Waals surface area contributed by atoms with Crippen molar-refractivity contribution in [3.8, 4) is 0 Å². The van der Waals surface area contributed by atoms with Crippen LogP contribution in [-0.2, 0) is 29.0 Å². The van der Waals surface area contributed by atoms with Gasteiger partial charge >= 0.3 is 5.97 Å². The van der Waals surface area contributed by atoms with Gasteiger partial charge in [0.25, 0.3) is 5.91 Å². The van der Waals surface area contributed by atoms with Gasteiger partial charge in [-0.25, -0.2) is 4.98 Å². The van der Waals surface area contributed by atoms with Gasteiger partial charge < -0.3 is 19.2 Å². The van der Waals surface area contributed by atoms with Crippen molar-refractivity contribution in [3.63, 3.8) is 0 Å². The number of rotatable bonds is 4. The van der Waals surface area contributed by atoms with E-state index in [9.17, 15) is 9.59 Å². The number of fused-ring (bicyclic) bond motifs is 2. The first-order valence-electron chi connectivity index (χ1n) is 8.73. The van der Waals surface area contributed by atoms with Gasteiger partial charge in [-0.3, -0.25) is 9.59 Å². The number of amides is 1. The molecule has 0 bridgehead atoms. The number of ether oxygens (including phenoxy) is 1. The Morgan fingerprint density at radius 3 is 2.96 bits per heavy atom. The van der Waals surface area contributed by atoms with Crippen LogP contribution in [-0.4, -0.2) is 45.0 Å². The van der Waals surface area contributed by atoms with Crippen molar-refractivity contribution in [3.05, 3.63) is 52.7 Å². The molecule has 0 atom stereocenters. The van der Waals surface area contributed by atoms with Crippen LogP contribution in [0.2, 0.25) is 5.02 Å². The molecule has 1 amide bonds. The molecule has 0 radical (unpaired) electrons. The van der Waals surface area contributed by atoms with Crippen LogP contribution in [0.5, 0.6) is 0 Å². The van der Waals surface area contributed by atoms with Crippen molar-refractivity contribution in [2.24, 2.45) is 0 Å². The molecule has 8 heteroatoms. The second kappa shape index (κ2) is 7.08. The van der Waals surface area contributed by atoms with Crippen molar-refractivity contribution < 1.29 is 14.3 Å². The number of hydrogen-bond acceptors (Lipinski definition) is 4. The molecule has 1 aliphatic heterocycles. The monoisotopic (exact) mass is 386 g/mol. The number of benzene rings is 1. The molecule has 2 aromatic heterocycles. The highest BCUT2D eigenvalue weighted by molar-refractivity contribution is 6.35. The van der Waals surface area contributed by atoms with Gasteiger partial charge in [0, 0.05) is 30.4 Å².